The zero-order chi connectivity index (χ0) is 12.4. The van der Waals surface area contributed by atoms with Crippen molar-refractivity contribution in [3.63, 3.8) is 0 Å². The molecule has 0 aliphatic rings. The van der Waals surface area contributed by atoms with E-state index >= 15 is 0 Å². The predicted molar refractivity (Wildman–Crippen MR) is 67.2 cm³/mol. The van der Waals surface area contributed by atoms with Crippen LogP contribution in [0.5, 0.6) is 0 Å². The maximum Gasteiger partial charge on any atom is 0.362 e. The highest BCUT2D eigenvalue weighted by atomic mass is 35.5. The van der Waals surface area contributed by atoms with Gasteiger partial charge in [-0.05, 0) is 26.2 Å². The third-order valence-electron chi connectivity index (χ3n) is 2.40. The maximum atomic E-state index is 11.6. The first-order valence-electron chi connectivity index (χ1n) is 5.19. The van der Waals surface area contributed by atoms with Gasteiger partial charge < -0.3 is 9.42 Å². The Hall–Kier alpha value is -1.52. The summed E-state index contributed by atoms with van der Waals surface area (Å²) < 4.78 is 4.84. The van der Waals surface area contributed by atoms with Crippen molar-refractivity contribution in [1.82, 2.24) is 10.1 Å². The molecule has 0 spiro atoms. The quantitative estimate of drug-likeness (QED) is 0.912. The van der Waals surface area contributed by atoms with Gasteiger partial charge in [-0.3, -0.25) is 0 Å². The molecule has 0 fully saturated rings. The third kappa shape index (κ3) is 2.60. The Labute approximate surface area is 104 Å². The summed E-state index contributed by atoms with van der Waals surface area (Å²) in [7, 11) is 3.80. The van der Waals surface area contributed by atoms with E-state index in [-0.39, 0.29) is 5.63 Å². The van der Waals surface area contributed by atoms with Crippen molar-refractivity contribution < 1.29 is 4.52 Å². The molecule has 2 rings (SSSR count). The first kappa shape index (κ1) is 12.0. The van der Waals surface area contributed by atoms with E-state index in [0.29, 0.717) is 22.8 Å². The Morgan fingerprint density at radius 3 is 2.53 bits per heavy atom. The third-order valence-corrected chi connectivity index (χ3v) is 2.65. The Kier molecular flexibility index (Phi) is 3.36. The minimum Gasteiger partial charge on any atom is -0.338 e. The Balaban J connectivity index is 2.45. The number of benzene rings is 1. The van der Waals surface area contributed by atoms with Crippen LogP contribution in [-0.2, 0) is 6.54 Å². The first-order valence-corrected chi connectivity index (χ1v) is 5.56. The van der Waals surface area contributed by atoms with Crippen LogP contribution in [0, 0.1) is 0 Å². The fourth-order valence-electron chi connectivity index (χ4n) is 1.63. The van der Waals surface area contributed by atoms with E-state index in [1.54, 1.807) is 12.1 Å². The lowest BCUT2D eigenvalue weighted by atomic mass is 10.1. The monoisotopic (exact) mass is 252 g/mol. The van der Waals surface area contributed by atoms with E-state index in [9.17, 15) is 4.79 Å². The minimum absolute atomic E-state index is 0.330. The molecule has 0 saturated heterocycles. The van der Waals surface area contributed by atoms with Gasteiger partial charge in [-0.25, -0.2) is 9.95 Å². The second-order valence-electron chi connectivity index (χ2n) is 4.09. The Morgan fingerprint density at radius 2 is 1.94 bits per heavy atom. The number of aromatic amines is 1. The van der Waals surface area contributed by atoms with Crippen molar-refractivity contribution in [3.05, 3.63) is 45.3 Å². The first-order chi connectivity index (χ1) is 8.08. The topological polar surface area (TPSA) is 49.2 Å². The molecule has 4 nitrogen and oxygen atoms in total. The highest BCUT2D eigenvalue weighted by Crippen LogP contribution is 2.22. The van der Waals surface area contributed by atoms with Crippen LogP contribution in [0.1, 0.15) is 5.56 Å². The number of halogens is 1. The van der Waals surface area contributed by atoms with Crippen molar-refractivity contribution in [2.75, 3.05) is 14.1 Å². The van der Waals surface area contributed by atoms with Crippen molar-refractivity contribution in [2.45, 2.75) is 6.54 Å². The molecule has 0 aliphatic heterocycles. The van der Waals surface area contributed by atoms with Crippen LogP contribution < -0.4 is 5.63 Å². The number of aromatic nitrogens is 1. The second kappa shape index (κ2) is 4.77. The largest absolute Gasteiger partial charge is 0.362 e. The summed E-state index contributed by atoms with van der Waals surface area (Å²) in [6.07, 6.45) is 0. The molecule has 1 N–H and O–H groups in total. The number of rotatable bonds is 3. The molecule has 1 aromatic heterocycles. The molecular formula is C12H13ClN2O2. The molecule has 1 aromatic carbocycles. The van der Waals surface area contributed by atoms with Gasteiger partial charge >= 0.3 is 5.63 Å². The lowest BCUT2D eigenvalue weighted by Gasteiger charge is -2.08. The summed E-state index contributed by atoms with van der Waals surface area (Å²) in [5.74, 6) is 0. The summed E-state index contributed by atoms with van der Waals surface area (Å²) in [4.78, 5) is 13.5. The molecular weight excluding hydrogens is 240 g/mol. The Morgan fingerprint density at radius 1 is 1.29 bits per heavy atom. The second-order valence-corrected chi connectivity index (χ2v) is 4.53. The number of hydrogen-bond donors (Lipinski definition) is 1. The normalized spacial score (nSPS) is 11.1. The van der Waals surface area contributed by atoms with Gasteiger partial charge in [-0.1, -0.05) is 23.7 Å². The molecule has 0 amide bonds. The lowest BCUT2D eigenvalue weighted by Crippen LogP contribution is -2.16. The number of H-pyrrole nitrogens is 1. The molecule has 0 bridgehead atoms. The zero-order valence-electron chi connectivity index (χ0n) is 9.66. The molecule has 0 radical (unpaired) electrons. The van der Waals surface area contributed by atoms with Crippen LogP contribution in [0.3, 0.4) is 0 Å². The summed E-state index contributed by atoms with van der Waals surface area (Å²) in [5, 5.41) is 3.32. The average Bonchev–Trinajstić information content (AvgIpc) is 2.61. The van der Waals surface area contributed by atoms with Gasteiger partial charge in [0.15, 0.2) is 0 Å². The van der Waals surface area contributed by atoms with Crippen molar-refractivity contribution in [3.8, 4) is 11.3 Å². The minimum atomic E-state index is -0.330. The van der Waals surface area contributed by atoms with E-state index in [4.69, 9.17) is 16.1 Å². The van der Waals surface area contributed by atoms with Crippen molar-refractivity contribution >= 4 is 11.6 Å². The van der Waals surface area contributed by atoms with E-state index in [0.717, 1.165) is 5.56 Å². The van der Waals surface area contributed by atoms with Crippen molar-refractivity contribution in [2.24, 2.45) is 0 Å². The van der Waals surface area contributed by atoms with E-state index < -0.39 is 0 Å². The zero-order valence-corrected chi connectivity index (χ0v) is 10.4. The molecule has 90 valence electrons. The van der Waals surface area contributed by atoms with Gasteiger partial charge in [0.1, 0.15) is 0 Å². The van der Waals surface area contributed by atoms with Gasteiger partial charge in [-0.15, -0.1) is 0 Å². The highest BCUT2D eigenvalue weighted by molar-refractivity contribution is 6.30. The van der Waals surface area contributed by atoms with E-state index in [1.165, 1.54) is 0 Å². The number of nitrogens with one attached hydrogen (secondary N) is 1. The highest BCUT2D eigenvalue weighted by Gasteiger charge is 2.14. The summed E-state index contributed by atoms with van der Waals surface area (Å²) in [6, 6.07) is 7.26. The van der Waals surface area contributed by atoms with Crippen LogP contribution >= 0.6 is 11.6 Å². The van der Waals surface area contributed by atoms with E-state index in [2.05, 4.69) is 5.16 Å². The Bertz CT molecular complexity index is 555. The average molecular weight is 253 g/mol. The SMILES string of the molecule is CN(C)Cc1c(-c2ccc(Cl)cc2)[nH]oc1=O. The van der Waals surface area contributed by atoms with Gasteiger partial charge in [0.05, 0.1) is 11.3 Å². The smallest absolute Gasteiger partial charge is 0.338 e. The summed E-state index contributed by atoms with van der Waals surface area (Å²) in [6.45, 7) is 0.532. The standard InChI is InChI=1S/C12H13ClN2O2/c1-15(2)7-10-11(14-17-12(10)16)8-3-5-9(13)6-4-8/h3-6,14H,7H2,1-2H3. The maximum absolute atomic E-state index is 11.6. The molecule has 0 aliphatic carbocycles. The van der Waals surface area contributed by atoms with Gasteiger partial charge in [0.25, 0.3) is 0 Å². The van der Waals surface area contributed by atoms with Gasteiger partial charge in [0.2, 0.25) is 0 Å². The lowest BCUT2D eigenvalue weighted by molar-refractivity contribution is 0.375. The van der Waals surface area contributed by atoms with Crippen LogP contribution in [0.2, 0.25) is 5.02 Å². The van der Waals surface area contributed by atoms with Gasteiger partial charge in [-0.2, -0.15) is 0 Å². The molecule has 0 unspecified atom stereocenters. The predicted octanol–water partition coefficient (Wildman–Crippen LogP) is 2.35. The van der Waals surface area contributed by atoms with Gasteiger partial charge in [0, 0.05) is 17.1 Å². The molecule has 5 heteroatoms. The summed E-state index contributed by atoms with van der Waals surface area (Å²) >= 11 is 5.82. The summed E-state index contributed by atoms with van der Waals surface area (Å²) in [5.41, 5.74) is 1.89. The fourth-order valence-corrected chi connectivity index (χ4v) is 1.76. The molecule has 17 heavy (non-hydrogen) atoms. The van der Waals surface area contributed by atoms with E-state index in [1.807, 2.05) is 31.1 Å². The molecule has 0 atom stereocenters. The number of nitrogens with zero attached hydrogens (tertiary/aromatic N) is 1. The molecule has 0 saturated carbocycles. The number of hydrogen-bond acceptors (Lipinski definition) is 3. The van der Waals surface area contributed by atoms with Crippen molar-refractivity contribution in [1.29, 1.82) is 0 Å². The fraction of sp³-hybridized carbons (Fsp3) is 0.250. The van der Waals surface area contributed by atoms with Crippen LogP contribution in [0.15, 0.2) is 33.6 Å². The van der Waals surface area contributed by atoms with Crippen LogP contribution in [0.4, 0.5) is 0 Å². The molecule has 1 heterocycles. The van der Waals surface area contributed by atoms with Crippen LogP contribution in [0.25, 0.3) is 11.3 Å². The molecule has 2 aromatic rings. The van der Waals surface area contributed by atoms with Crippen LogP contribution in [-0.4, -0.2) is 24.2 Å².